The van der Waals surface area contributed by atoms with Crippen molar-refractivity contribution in [3.8, 4) is 0 Å². The number of aromatic nitrogens is 3. The Bertz CT molecular complexity index is 1010. The minimum absolute atomic E-state index is 0.0268. The fraction of sp³-hybridized carbons (Fsp3) is 0.524. The Morgan fingerprint density at radius 2 is 2.13 bits per heavy atom. The molecule has 0 aromatic carbocycles. The second-order valence-electron chi connectivity index (χ2n) is 8.50. The van der Waals surface area contributed by atoms with Gasteiger partial charge in [0.05, 0.1) is 17.5 Å². The number of rotatable bonds is 4. The number of hydrogen-bond acceptors (Lipinski definition) is 6. The van der Waals surface area contributed by atoms with Crippen molar-refractivity contribution in [1.29, 1.82) is 0 Å². The van der Waals surface area contributed by atoms with Crippen molar-refractivity contribution >= 4 is 23.2 Å². The summed E-state index contributed by atoms with van der Waals surface area (Å²) in [7, 11) is 0. The third kappa shape index (κ3) is 3.30. The van der Waals surface area contributed by atoms with Gasteiger partial charge in [0, 0.05) is 56.3 Å². The van der Waals surface area contributed by atoms with Gasteiger partial charge in [0.15, 0.2) is 0 Å². The lowest BCUT2D eigenvalue weighted by atomic mass is 10.0. The summed E-state index contributed by atoms with van der Waals surface area (Å²) in [5, 5.41) is 2.70. The Kier molecular flexibility index (Phi) is 4.29. The monoisotopic (exact) mass is 415 g/mol. The third-order valence-corrected chi connectivity index (χ3v) is 6.02. The van der Waals surface area contributed by atoms with Crippen molar-refractivity contribution in [2.45, 2.75) is 57.0 Å². The SMILES string of the molecule is CC(=O)Nc1cc2c(cn1)C1(CC1)CN2c1cc(C2CCCO2)nc(C(C)(F)F)n1. The van der Waals surface area contributed by atoms with E-state index in [2.05, 4.69) is 20.3 Å². The molecule has 5 rings (SSSR count). The summed E-state index contributed by atoms with van der Waals surface area (Å²) in [5.41, 5.74) is 2.37. The number of nitrogens with zero attached hydrogens (tertiary/aromatic N) is 4. The number of hydrogen-bond donors (Lipinski definition) is 1. The molecule has 1 saturated carbocycles. The summed E-state index contributed by atoms with van der Waals surface area (Å²) < 4.78 is 34.1. The van der Waals surface area contributed by atoms with Gasteiger partial charge < -0.3 is 15.0 Å². The summed E-state index contributed by atoms with van der Waals surface area (Å²) in [6.45, 7) is 3.47. The highest BCUT2D eigenvalue weighted by molar-refractivity contribution is 5.89. The Morgan fingerprint density at radius 1 is 1.33 bits per heavy atom. The average molecular weight is 415 g/mol. The predicted octanol–water partition coefficient (Wildman–Crippen LogP) is 3.98. The highest BCUT2D eigenvalue weighted by Crippen LogP contribution is 2.58. The molecular weight excluding hydrogens is 392 g/mol. The lowest BCUT2D eigenvalue weighted by Gasteiger charge is -2.23. The highest BCUT2D eigenvalue weighted by atomic mass is 19.3. The van der Waals surface area contributed by atoms with E-state index in [1.807, 2.05) is 4.90 Å². The fourth-order valence-electron chi connectivity index (χ4n) is 4.34. The normalized spacial score (nSPS) is 21.7. The van der Waals surface area contributed by atoms with Crippen LogP contribution >= 0.6 is 0 Å². The van der Waals surface area contributed by atoms with Crippen LogP contribution in [0.5, 0.6) is 0 Å². The lowest BCUT2D eigenvalue weighted by Crippen LogP contribution is -2.23. The second kappa shape index (κ2) is 6.66. The van der Waals surface area contributed by atoms with E-state index in [4.69, 9.17) is 4.74 Å². The largest absolute Gasteiger partial charge is 0.372 e. The van der Waals surface area contributed by atoms with Gasteiger partial charge in [0.25, 0.3) is 0 Å². The molecule has 7 nitrogen and oxygen atoms in total. The molecule has 9 heteroatoms. The maximum Gasteiger partial charge on any atom is 0.303 e. The van der Waals surface area contributed by atoms with E-state index in [0.717, 1.165) is 43.9 Å². The summed E-state index contributed by atoms with van der Waals surface area (Å²) in [6, 6.07) is 3.55. The van der Waals surface area contributed by atoms with E-state index in [1.165, 1.54) is 6.92 Å². The van der Waals surface area contributed by atoms with Gasteiger partial charge in [-0.15, -0.1) is 0 Å². The van der Waals surface area contributed by atoms with Gasteiger partial charge in [-0.2, -0.15) is 8.78 Å². The first-order chi connectivity index (χ1) is 14.2. The zero-order valence-electron chi connectivity index (χ0n) is 16.9. The number of fused-ring (bicyclic) bond motifs is 2. The van der Waals surface area contributed by atoms with E-state index < -0.39 is 11.7 Å². The Morgan fingerprint density at radius 3 is 2.77 bits per heavy atom. The van der Waals surface area contributed by atoms with Crippen molar-refractivity contribution in [2.75, 3.05) is 23.4 Å². The van der Waals surface area contributed by atoms with Crippen LogP contribution < -0.4 is 10.2 Å². The molecular formula is C21H23F2N5O2. The highest BCUT2D eigenvalue weighted by Gasteiger charge is 2.53. The Hall–Kier alpha value is -2.68. The van der Waals surface area contributed by atoms with Crippen LogP contribution in [0.1, 0.15) is 62.7 Å². The minimum atomic E-state index is -3.16. The minimum Gasteiger partial charge on any atom is -0.372 e. The van der Waals surface area contributed by atoms with Gasteiger partial charge in [-0.3, -0.25) is 4.79 Å². The zero-order chi connectivity index (χ0) is 21.1. The van der Waals surface area contributed by atoms with E-state index in [-0.39, 0.29) is 17.4 Å². The molecule has 158 valence electrons. The van der Waals surface area contributed by atoms with Crippen molar-refractivity contribution in [1.82, 2.24) is 15.0 Å². The van der Waals surface area contributed by atoms with E-state index in [9.17, 15) is 13.6 Å². The molecule has 1 atom stereocenters. The third-order valence-electron chi connectivity index (χ3n) is 6.02. The van der Waals surface area contributed by atoms with Crippen molar-refractivity contribution < 1.29 is 18.3 Å². The first kappa shape index (κ1) is 19.3. The Labute approximate surface area is 172 Å². The van der Waals surface area contributed by atoms with Gasteiger partial charge in [-0.05, 0) is 25.7 Å². The van der Waals surface area contributed by atoms with Crippen LogP contribution in [-0.2, 0) is 20.9 Å². The van der Waals surface area contributed by atoms with E-state index >= 15 is 0 Å². The smallest absolute Gasteiger partial charge is 0.303 e. The quantitative estimate of drug-likeness (QED) is 0.814. The molecule has 3 aliphatic rings. The first-order valence-corrected chi connectivity index (χ1v) is 10.2. The molecule has 1 amide bonds. The molecule has 2 aliphatic heterocycles. The summed E-state index contributed by atoms with van der Waals surface area (Å²) in [4.78, 5) is 26.2. The molecule has 30 heavy (non-hydrogen) atoms. The number of pyridine rings is 1. The van der Waals surface area contributed by atoms with Gasteiger partial charge >= 0.3 is 5.92 Å². The van der Waals surface area contributed by atoms with Gasteiger partial charge in [0.1, 0.15) is 11.6 Å². The number of amides is 1. The summed E-state index contributed by atoms with van der Waals surface area (Å²) >= 11 is 0. The number of halogens is 2. The van der Waals surface area contributed by atoms with E-state index in [0.29, 0.717) is 30.5 Å². The predicted molar refractivity (Wildman–Crippen MR) is 106 cm³/mol. The van der Waals surface area contributed by atoms with Crippen LogP contribution in [0.3, 0.4) is 0 Å². The molecule has 0 radical (unpaired) electrons. The molecule has 0 bridgehead atoms. The average Bonchev–Trinajstić information content (AvgIpc) is 3.11. The van der Waals surface area contributed by atoms with Crippen molar-refractivity contribution in [2.24, 2.45) is 0 Å². The molecule has 1 spiro atoms. The number of nitrogens with one attached hydrogen (secondary N) is 1. The van der Waals surface area contributed by atoms with Crippen molar-refractivity contribution in [3.05, 3.63) is 35.4 Å². The van der Waals surface area contributed by atoms with E-state index in [1.54, 1.807) is 18.3 Å². The standard InChI is InChI=1S/C21H23F2N5O2/c1-12(29)25-17-9-15-13(10-24-17)21(5-6-21)11-28(15)18-8-14(16-4-3-7-30-16)26-19(27-18)20(2,22)23/h8-10,16H,3-7,11H2,1-2H3,(H,24,25,29). The zero-order valence-corrected chi connectivity index (χ0v) is 16.9. The molecule has 4 heterocycles. The molecule has 2 aromatic heterocycles. The number of carbonyl (C=O) groups is 1. The Balaban J connectivity index is 1.60. The van der Waals surface area contributed by atoms with Gasteiger partial charge in [0.2, 0.25) is 11.7 Å². The van der Waals surface area contributed by atoms with Crippen LogP contribution in [0.4, 0.5) is 26.1 Å². The summed E-state index contributed by atoms with van der Waals surface area (Å²) in [5.74, 6) is -3.03. The molecule has 1 saturated heterocycles. The molecule has 1 unspecified atom stereocenters. The molecule has 1 aliphatic carbocycles. The van der Waals surface area contributed by atoms with Gasteiger partial charge in [-0.1, -0.05) is 0 Å². The van der Waals surface area contributed by atoms with Crippen LogP contribution in [-0.4, -0.2) is 34.0 Å². The second-order valence-corrected chi connectivity index (χ2v) is 8.50. The topological polar surface area (TPSA) is 80.2 Å². The van der Waals surface area contributed by atoms with Crippen molar-refractivity contribution in [3.63, 3.8) is 0 Å². The van der Waals surface area contributed by atoms with Crippen LogP contribution in [0.2, 0.25) is 0 Å². The van der Waals surface area contributed by atoms with Crippen LogP contribution in [0.25, 0.3) is 0 Å². The molecule has 2 fully saturated rings. The fourth-order valence-corrected chi connectivity index (χ4v) is 4.34. The number of ether oxygens (including phenoxy) is 1. The van der Waals surface area contributed by atoms with Crippen LogP contribution in [0, 0.1) is 0 Å². The number of anilines is 3. The van der Waals surface area contributed by atoms with Crippen LogP contribution in [0.15, 0.2) is 18.3 Å². The number of alkyl halides is 2. The molecule has 1 N–H and O–H groups in total. The maximum absolute atomic E-state index is 14.2. The lowest BCUT2D eigenvalue weighted by molar-refractivity contribution is -0.114. The maximum atomic E-state index is 14.2. The summed E-state index contributed by atoms with van der Waals surface area (Å²) in [6.07, 6.45) is 5.14. The number of carbonyl (C=O) groups excluding carboxylic acids is 1. The van der Waals surface area contributed by atoms with Gasteiger partial charge in [-0.25, -0.2) is 15.0 Å². The molecule has 2 aromatic rings. The first-order valence-electron chi connectivity index (χ1n) is 10.2.